The summed E-state index contributed by atoms with van der Waals surface area (Å²) in [6.45, 7) is 10.7. The molecular formula is C39H50O8. The molecule has 10 aliphatic rings. The maximum Gasteiger partial charge on any atom is 0.339 e. The average Bonchev–Trinajstić information content (AvgIpc) is 3.47. The maximum atomic E-state index is 14.5. The van der Waals surface area contributed by atoms with Crippen molar-refractivity contribution in [3.8, 4) is 0 Å². The van der Waals surface area contributed by atoms with Gasteiger partial charge in [0.05, 0.1) is 10.8 Å². The number of Topliss-reactive ketones (excluding diaryl/α,β-unsaturated/α-hetero) is 1. The predicted octanol–water partition coefficient (Wildman–Crippen LogP) is 5.91. The standard InChI is InChI=1S/C39H50O8/c1-22-27(40)35-17-9-24-31(2)11-5-13-38(24,46-28(31)41)26(35)10-18-36(22,21-35)45-30(43)37(44)20-34-16-8-25-32(3)12-6-14-39(25,47-29(32)42)33(34,4)15-7-23(37)19-34/h23-26,44H,1,5-21H2,2-4H3/t23-,24-,25-,26+,31-,32-,33+,34+,35-,36+,37-,38+,39+/m1/s1. The van der Waals surface area contributed by atoms with Gasteiger partial charge in [-0.05, 0) is 128 Å². The molecule has 8 nitrogen and oxygen atoms in total. The summed E-state index contributed by atoms with van der Waals surface area (Å²) in [5.74, 6) is -0.832. The minimum Gasteiger partial charge on any atom is -0.458 e. The van der Waals surface area contributed by atoms with Crippen molar-refractivity contribution >= 4 is 23.7 Å². The first-order valence-corrected chi connectivity index (χ1v) is 18.8. The molecule has 8 heteroatoms. The number of esters is 3. The second-order valence-electron chi connectivity index (χ2n) is 19.1. The number of ether oxygens (including phenoxy) is 3. The van der Waals surface area contributed by atoms with Crippen molar-refractivity contribution in [1.82, 2.24) is 0 Å². The Morgan fingerprint density at radius 1 is 0.787 bits per heavy atom. The number of carbonyl (C=O) groups is 4. The molecule has 8 bridgehead atoms. The van der Waals surface area contributed by atoms with E-state index >= 15 is 0 Å². The molecule has 0 aromatic heterocycles. The lowest BCUT2D eigenvalue weighted by molar-refractivity contribution is -0.225. The molecule has 254 valence electrons. The van der Waals surface area contributed by atoms with E-state index in [9.17, 15) is 24.3 Å². The van der Waals surface area contributed by atoms with Gasteiger partial charge in [-0.2, -0.15) is 0 Å². The Hall–Kier alpha value is -2.22. The highest BCUT2D eigenvalue weighted by molar-refractivity contribution is 6.05. The lowest BCUT2D eigenvalue weighted by Gasteiger charge is -2.64. The summed E-state index contributed by atoms with van der Waals surface area (Å²) in [6, 6.07) is 0. The van der Waals surface area contributed by atoms with Gasteiger partial charge in [-0.1, -0.05) is 13.5 Å². The Morgan fingerprint density at radius 3 is 2.26 bits per heavy atom. The van der Waals surface area contributed by atoms with Crippen LogP contribution in [0, 0.1) is 50.7 Å². The molecular weight excluding hydrogens is 596 g/mol. The Kier molecular flexibility index (Phi) is 5.18. The molecule has 0 radical (unpaired) electrons. The maximum absolute atomic E-state index is 14.5. The van der Waals surface area contributed by atoms with E-state index in [4.69, 9.17) is 14.2 Å². The smallest absolute Gasteiger partial charge is 0.339 e. The molecule has 0 aromatic carbocycles. The lowest BCUT2D eigenvalue weighted by Crippen LogP contribution is -2.65. The van der Waals surface area contributed by atoms with E-state index in [1.165, 1.54) is 0 Å². The van der Waals surface area contributed by atoms with Crippen LogP contribution in [0.1, 0.15) is 130 Å². The van der Waals surface area contributed by atoms with E-state index in [0.29, 0.717) is 44.1 Å². The molecule has 2 saturated heterocycles. The average molecular weight is 647 g/mol. The molecule has 2 aliphatic heterocycles. The Bertz CT molecular complexity index is 1600. The minimum atomic E-state index is -1.66. The van der Waals surface area contributed by atoms with Gasteiger partial charge in [0.2, 0.25) is 0 Å². The first-order chi connectivity index (χ1) is 22.1. The van der Waals surface area contributed by atoms with Crippen molar-refractivity contribution in [2.45, 2.75) is 152 Å². The monoisotopic (exact) mass is 646 g/mol. The normalized spacial score (nSPS) is 59.4. The Labute approximate surface area is 277 Å². The van der Waals surface area contributed by atoms with Crippen molar-refractivity contribution in [2.24, 2.45) is 50.7 Å². The first kappa shape index (κ1) is 29.7. The van der Waals surface area contributed by atoms with Crippen molar-refractivity contribution in [1.29, 1.82) is 0 Å². The highest BCUT2D eigenvalue weighted by atomic mass is 16.6. The molecule has 47 heavy (non-hydrogen) atoms. The van der Waals surface area contributed by atoms with E-state index in [-0.39, 0.29) is 52.2 Å². The van der Waals surface area contributed by atoms with Crippen molar-refractivity contribution < 1.29 is 38.5 Å². The molecule has 2 spiro atoms. The topological polar surface area (TPSA) is 116 Å². The van der Waals surface area contributed by atoms with Crippen molar-refractivity contribution in [3.63, 3.8) is 0 Å². The summed E-state index contributed by atoms with van der Waals surface area (Å²) in [6.07, 6.45) is 12.4. The van der Waals surface area contributed by atoms with Crippen LogP contribution in [0.5, 0.6) is 0 Å². The van der Waals surface area contributed by atoms with Crippen LogP contribution in [0.2, 0.25) is 0 Å². The third-order valence-electron chi connectivity index (χ3n) is 18.1. The molecule has 13 atom stereocenters. The number of aliphatic hydroxyl groups is 1. The highest BCUT2D eigenvalue weighted by Crippen LogP contribution is 2.79. The van der Waals surface area contributed by atoms with Gasteiger partial charge >= 0.3 is 17.9 Å². The number of fused-ring (bicyclic) bond motifs is 2. The van der Waals surface area contributed by atoms with E-state index < -0.39 is 44.6 Å². The fraction of sp³-hybridized carbons (Fsp3) is 0.846. The molecule has 8 aliphatic carbocycles. The summed E-state index contributed by atoms with van der Waals surface area (Å²) >= 11 is 0. The van der Waals surface area contributed by atoms with Gasteiger partial charge < -0.3 is 19.3 Å². The van der Waals surface area contributed by atoms with Crippen LogP contribution in [0.25, 0.3) is 0 Å². The molecule has 2 heterocycles. The van der Waals surface area contributed by atoms with E-state index in [1.54, 1.807) is 0 Å². The van der Waals surface area contributed by atoms with Crippen LogP contribution in [0.15, 0.2) is 12.2 Å². The van der Waals surface area contributed by atoms with Crippen LogP contribution in [0.3, 0.4) is 0 Å². The molecule has 1 N–H and O–H groups in total. The lowest BCUT2D eigenvalue weighted by atomic mass is 9.40. The van der Waals surface area contributed by atoms with Gasteiger partial charge in [0.25, 0.3) is 0 Å². The molecule has 10 fully saturated rings. The van der Waals surface area contributed by atoms with Gasteiger partial charge in [-0.15, -0.1) is 0 Å². The Morgan fingerprint density at radius 2 is 1.47 bits per heavy atom. The molecule has 0 unspecified atom stereocenters. The summed E-state index contributed by atoms with van der Waals surface area (Å²) in [4.78, 5) is 55.6. The molecule has 0 amide bonds. The quantitative estimate of drug-likeness (QED) is 0.224. The van der Waals surface area contributed by atoms with Gasteiger partial charge in [0, 0.05) is 40.6 Å². The van der Waals surface area contributed by atoms with Crippen molar-refractivity contribution in [2.75, 3.05) is 0 Å². The summed E-state index contributed by atoms with van der Waals surface area (Å²) in [7, 11) is 0. The van der Waals surface area contributed by atoms with Crippen LogP contribution in [0.4, 0.5) is 0 Å². The number of carbonyl (C=O) groups excluding carboxylic acids is 4. The molecule has 10 rings (SSSR count). The number of hydrogen-bond acceptors (Lipinski definition) is 8. The summed E-state index contributed by atoms with van der Waals surface area (Å²) in [5.41, 5.74) is -5.92. The van der Waals surface area contributed by atoms with Crippen LogP contribution < -0.4 is 0 Å². The largest absolute Gasteiger partial charge is 0.458 e. The van der Waals surface area contributed by atoms with Gasteiger partial charge in [0.15, 0.2) is 11.4 Å². The number of hydrogen-bond donors (Lipinski definition) is 1. The zero-order valence-electron chi connectivity index (χ0n) is 28.3. The Balaban J connectivity index is 0.958. The van der Waals surface area contributed by atoms with E-state index in [2.05, 4.69) is 27.4 Å². The zero-order chi connectivity index (χ0) is 32.8. The molecule has 0 aromatic rings. The van der Waals surface area contributed by atoms with Gasteiger partial charge in [0.1, 0.15) is 16.8 Å². The van der Waals surface area contributed by atoms with E-state index in [0.717, 1.165) is 70.6 Å². The number of ketones is 1. The van der Waals surface area contributed by atoms with Gasteiger partial charge in [-0.3, -0.25) is 14.4 Å². The van der Waals surface area contributed by atoms with Crippen LogP contribution in [-0.4, -0.2) is 51.2 Å². The third kappa shape index (κ3) is 2.85. The second-order valence-corrected chi connectivity index (χ2v) is 19.1. The highest BCUT2D eigenvalue weighted by Gasteiger charge is 2.81. The fourth-order valence-electron chi connectivity index (χ4n) is 15.8. The number of rotatable bonds is 2. The predicted molar refractivity (Wildman–Crippen MR) is 167 cm³/mol. The third-order valence-corrected chi connectivity index (χ3v) is 18.1. The van der Waals surface area contributed by atoms with Crippen LogP contribution in [-0.2, 0) is 33.4 Å². The van der Waals surface area contributed by atoms with Crippen molar-refractivity contribution in [3.05, 3.63) is 12.2 Å². The first-order valence-electron chi connectivity index (χ1n) is 18.8. The summed E-state index contributed by atoms with van der Waals surface area (Å²) < 4.78 is 19.4. The minimum absolute atomic E-state index is 0.0278. The van der Waals surface area contributed by atoms with E-state index in [1.807, 2.05) is 0 Å². The SMILES string of the molecule is C=C1C(=O)[C@@]23CC[C@H]4[C@@]5(CCC[C@@]4(C)C(=O)O5)[C@H]2CC[C@]1(OC(=O)[C@@]1(O)C[C@@]24CC[C@@H]5[C@@]6(C)CCC[C@@]5(OC6=O)[C@@]2(C)CC[C@@H]1C4)C3. The zero-order valence-corrected chi connectivity index (χ0v) is 28.3. The van der Waals surface area contributed by atoms with Gasteiger partial charge in [-0.25, -0.2) is 4.79 Å². The fourth-order valence-corrected chi connectivity index (χ4v) is 15.8. The second kappa shape index (κ2) is 8.21. The van der Waals surface area contributed by atoms with Crippen LogP contribution >= 0.6 is 0 Å². The summed E-state index contributed by atoms with van der Waals surface area (Å²) in [5, 5.41) is 12.5. The molecule has 8 saturated carbocycles.